The molecule has 4 heteroatoms. The summed E-state index contributed by atoms with van der Waals surface area (Å²) in [5.74, 6) is 0.904. The molecule has 1 fully saturated rings. The number of hydrogen-bond acceptors (Lipinski definition) is 3. The highest BCUT2D eigenvalue weighted by Crippen LogP contribution is 2.18. The molecule has 0 atom stereocenters. The lowest BCUT2D eigenvalue weighted by molar-refractivity contribution is 0.0955. The van der Waals surface area contributed by atoms with Crippen LogP contribution >= 0.6 is 0 Å². The first-order valence-electron chi connectivity index (χ1n) is 6.30. The molecule has 4 nitrogen and oxygen atoms in total. The van der Waals surface area contributed by atoms with Crippen molar-refractivity contribution in [2.75, 3.05) is 24.5 Å². The van der Waals surface area contributed by atoms with Crippen molar-refractivity contribution in [3.8, 4) is 0 Å². The van der Waals surface area contributed by atoms with E-state index >= 15 is 0 Å². The minimum atomic E-state index is -0.0202. The van der Waals surface area contributed by atoms with Crippen molar-refractivity contribution in [2.24, 2.45) is 0 Å². The van der Waals surface area contributed by atoms with E-state index in [1.54, 1.807) is 12.3 Å². The lowest BCUT2D eigenvalue weighted by Gasteiger charge is -2.27. The molecule has 2 rings (SSSR count). The number of nitrogens with zero attached hydrogens (tertiary/aromatic N) is 2. The molecular weight excluding hydrogens is 214 g/mol. The van der Waals surface area contributed by atoms with Gasteiger partial charge in [0.25, 0.3) is 5.91 Å². The fourth-order valence-electron chi connectivity index (χ4n) is 2.12. The van der Waals surface area contributed by atoms with Crippen LogP contribution in [-0.4, -0.2) is 30.5 Å². The normalized spacial score (nSPS) is 15.7. The number of anilines is 1. The molecule has 0 radical (unpaired) electrons. The van der Waals surface area contributed by atoms with E-state index in [2.05, 4.69) is 15.2 Å². The Kier molecular flexibility index (Phi) is 3.96. The van der Waals surface area contributed by atoms with Crippen LogP contribution in [0.25, 0.3) is 0 Å². The maximum atomic E-state index is 11.7. The summed E-state index contributed by atoms with van der Waals surface area (Å²) < 4.78 is 0. The summed E-state index contributed by atoms with van der Waals surface area (Å²) in [5.41, 5.74) is 0.697. The van der Waals surface area contributed by atoms with Gasteiger partial charge in [-0.25, -0.2) is 4.98 Å². The monoisotopic (exact) mass is 233 g/mol. The molecule has 1 aromatic heterocycles. The van der Waals surface area contributed by atoms with Crippen molar-refractivity contribution < 1.29 is 4.79 Å². The SMILES string of the molecule is CCNC(=O)c1ccnc(N2CCCCC2)c1. The Labute approximate surface area is 102 Å². The number of aromatic nitrogens is 1. The Morgan fingerprint density at radius 3 is 2.88 bits per heavy atom. The molecule has 2 heterocycles. The number of piperidine rings is 1. The third-order valence-electron chi connectivity index (χ3n) is 3.03. The number of carbonyl (C=O) groups excluding carboxylic acids is 1. The highest BCUT2D eigenvalue weighted by atomic mass is 16.1. The fraction of sp³-hybridized carbons (Fsp3) is 0.538. The van der Waals surface area contributed by atoms with Crippen LogP contribution in [0.2, 0.25) is 0 Å². The van der Waals surface area contributed by atoms with Gasteiger partial charge in [-0.2, -0.15) is 0 Å². The van der Waals surface area contributed by atoms with Gasteiger partial charge in [0.05, 0.1) is 0 Å². The van der Waals surface area contributed by atoms with Gasteiger partial charge in [0.1, 0.15) is 5.82 Å². The third kappa shape index (κ3) is 2.96. The number of carbonyl (C=O) groups is 1. The summed E-state index contributed by atoms with van der Waals surface area (Å²) in [6.45, 7) is 4.67. The Bertz CT molecular complexity index is 386. The molecule has 92 valence electrons. The first-order chi connectivity index (χ1) is 8.31. The predicted octanol–water partition coefficient (Wildman–Crippen LogP) is 1.82. The van der Waals surface area contributed by atoms with E-state index < -0.39 is 0 Å². The van der Waals surface area contributed by atoms with Crippen LogP contribution in [0.3, 0.4) is 0 Å². The lowest BCUT2D eigenvalue weighted by atomic mass is 10.1. The lowest BCUT2D eigenvalue weighted by Crippen LogP contribution is -2.30. The predicted molar refractivity (Wildman–Crippen MR) is 68.3 cm³/mol. The summed E-state index contributed by atoms with van der Waals surface area (Å²) in [6, 6.07) is 3.65. The average molecular weight is 233 g/mol. The van der Waals surface area contributed by atoms with Crippen molar-refractivity contribution in [1.29, 1.82) is 0 Å². The van der Waals surface area contributed by atoms with Gasteiger partial charge < -0.3 is 10.2 Å². The van der Waals surface area contributed by atoms with Gasteiger partial charge in [0, 0.05) is 31.4 Å². The highest BCUT2D eigenvalue weighted by Gasteiger charge is 2.13. The maximum Gasteiger partial charge on any atom is 0.251 e. The zero-order chi connectivity index (χ0) is 12.1. The van der Waals surface area contributed by atoms with E-state index in [-0.39, 0.29) is 5.91 Å². The van der Waals surface area contributed by atoms with Crippen LogP contribution < -0.4 is 10.2 Å². The average Bonchev–Trinajstić information content (AvgIpc) is 2.40. The van der Waals surface area contributed by atoms with Gasteiger partial charge in [-0.3, -0.25) is 4.79 Å². The second-order valence-corrected chi connectivity index (χ2v) is 4.31. The second-order valence-electron chi connectivity index (χ2n) is 4.31. The quantitative estimate of drug-likeness (QED) is 0.866. The van der Waals surface area contributed by atoms with Crippen molar-refractivity contribution >= 4 is 11.7 Å². The van der Waals surface area contributed by atoms with Crippen molar-refractivity contribution in [3.05, 3.63) is 23.9 Å². The van der Waals surface area contributed by atoms with Gasteiger partial charge >= 0.3 is 0 Å². The van der Waals surface area contributed by atoms with Gasteiger partial charge in [-0.15, -0.1) is 0 Å². The molecule has 1 aliphatic heterocycles. The molecule has 1 saturated heterocycles. The molecule has 1 amide bonds. The molecule has 0 bridgehead atoms. The van der Waals surface area contributed by atoms with E-state index in [0.29, 0.717) is 12.1 Å². The van der Waals surface area contributed by atoms with Crippen molar-refractivity contribution in [3.63, 3.8) is 0 Å². The largest absolute Gasteiger partial charge is 0.357 e. The molecule has 0 spiro atoms. The Morgan fingerprint density at radius 1 is 1.41 bits per heavy atom. The van der Waals surface area contributed by atoms with E-state index in [1.165, 1.54) is 19.3 Å². The summed E-state index contributed by atoms with van der Waals surface area (Å²) in [4.78, 5) is 18.3. The Morgan fingerprint density at radius 2 is 2.18 bits per heavy atom. The number of amides is 1. The van der Waals surface area contributed by atoms with Crippen molar-refractivity contribution in [2.45, 2.75) is 26.2 Å². The van der Waals surface area contributed by atoms with Gasteiger partial charge in [-0.05, 0) is 38.3 Å². The number of nitrogens with one attached hydrogen (secondary N) is 1. The van der Waals surface area contributed by atoms with Crippen molar-refractivity contribution in [1.82, 2.24) is 10.3 Å². The standard InChI is InChI=1S/C13H19N3O/c1-2-14-13(17)11-6-7-15-12(10-11)16-8-4-3-5-9-16/h6-7,10H,2-5,8-9H2,1H3,(H,14,17). The van der Waals surface area contributed by atoms with Crippen LogP contribution in [0.1, 0.15) is 36.5 Å². The van der Waals surface area contributed by atoms with Gasteiger partial charge in [-0.1, -0.05) is 0 Å². The van der Waals surface area contributed by atoms with E-state index in [1.807, 2.05) is 13.0 Å². The molecular formula is C13H19N3O. The summed E-state index contributed by atoms with van der Waals surface area (Å²) in [5, 5.41) is 2.81. The first-order valence-corrected chi connectivity index (χ1v) is 6.30. The molecule has 0 saturated carbocycles. The summed E-state index contributed by atoms with van der Waals surface area (Å²) in [6.07, 6.45) is 5.45. The van der Waals surface area contributed by atoms with Crippen LogP contribution in [-0.2, 0) is 0 Å². The molecule has 0 aliphatic carbocycles. The topological polar surface area (TPSA) is 45.2 Å². The van der Waals surface area contributed by atoms with Crippen LogP contribution in [0.4, 0.5) is 5.82 Å². The molecule has 17 heavy (non-hydrogen) atoms. The Balaban J connectivity index is 2.12. The fourth-order valence-corrected chi connectivity index (χ4v) is 2.12. The van der Waals surface area contributed by atoms with Crippen LogP contribution in [0, 0.1) is 0 Å². The van der Waals surface area contributed by atoms with Crippen LogP contribution in [0.5, 0.6) is 0 Å². The number of rotatable bonds is 3. The molecule has 0 aromatic carbocycles. The number of hydrogen-bond donors (Lipinski definition) is 1. The molecule has 1 N–H and O–H groups in total. The van der Waals surface area contributed by atoms with E-state index in [0.717, 1.165) is 18.9 Å². The minimum Gasteiger partial charge on any atom is -0.357 e. The van der Waals surface area contributed by atoms with Gasteiger partial charge in [0.2, 0.25) is 0 Å². The second kappa shape index (κ2) is 5.66. The highest BCUT2D eigenvalue weighted by molar-refractivity contribution is 5.94. The third-order valence-corrected chi connectivity index (χ3v) is 3.03. The minimum absolute atomic E-state index is 0.0202. The Hall–Kier alpha value is -1.58. The smallest absolute Gasteiger partial charge is 0.251 e. The number of pyridine rings is 1. The van der Waals surface area contributed by atoms with Gasteiger partial charge in [0.15, 0.2) is 0 Å². The molecule has 1 aliphatic rings. The van der Waals surface area contributed by atoms with Crippen LogP contribution in [0.15, 0.2) is 18.3 Å². The van der Waals surface area contributed by atoms with E-state index in [4.69, 9.17) is 0 Å². The summed E-state index contributed by atoms with van der Waals surface area (Å²) in [7, 11) is 0. The van der Waals surface area contributed by atoms with E-state index in [9.17, 15) is 4.79 Å². The first kappa shape index (κ1) is 11.9. The summed E-state index contributed by atoms with van der Waals surface area (Å²) >= 11 is 0. The maximum absolute atomic E-state index is 11.7. The molecule has 1 aromatic rings. The molecule has 0 unspecified atom stereocenters. The zero-order valence-corrected chi connectivity index (χ0v) is 10.3. The zero-order valence-electron chi connectivity index (χ0n) is 10.3.